The Labute approximate surface area is 89.9 Å². The van der Waals surface area contributed by atoms with Crippen LogP contribution >= 0.6 is 0 Å². The summed E-state index contributed by atoms with van der Waals surface area (Å²) < 4.78 is 0. The topological polar surface area (TPSA) is 74.6 Å². The van der Waals surface area contributed by atoms with Gasteiger partial charge < -0.3 is 10.2 Å². The normalized spacial score (nSPS) is 8.40. The van der Waals surface area contributed by atoms with Crippen LogP contribution < -0.4 is 0 Å². The van der Waals surface area contributed by atoms with E-state index in [1.807, 2.05) is 6.92 Å². The van der Waals surface area contributed by atoms with Gasteiger partial charge in [-0.15, -0.1) is 0 Å². The Kier molecular flexibility index (Phi) is 9.52. The minimum atomic E-state index is -0.900. The van der Waals surface area contributed by atoms with Gasteiger partial charge in [0.25, 0.3) is 0 Å². The van der Waals surface area contributed by atoms with Crippen LogP contribution in [0.2, 0.25) is 0 Å². The van der Waals surface area contributed by atoms with Gasteiger partial charge in [0.05, 0.1) is 0 Å². The lowest BCUT2D eigenvalue weighted by atomic mass is 10.2. The molecule has 0 aliphatic heterocycles. The van der Waals surface area contributed by atoms with E-state index < -0.39 is 11.9 Å². The summed E-state index contributed by atoms with van der Waals surface area (Å²) in [5.74, 6) is -1.78. The zero-order valence-corrected chi connectivity index (χ0v) is 9.25. The molecule has 4 heteroatoms. The molecule has 4 nitrogen and oxygen atoms in total. The Bertz CT molecular complexity index is 253. The van der Waals surface area contributed by atoms with Crippen molar-refractivity contribution in [1.82, 2.24) is 0 Å². The van der Waals surface area contributed by atoms with E-state index in [0.29, 0.717) is 18.4 Å². The predicted octanol–water partition coefficient (Wildman–Crippen LogP) is 2.46. The number of hydrogen-bond donors (Lipinski definition) is 2. The fourth-order valence-corrected chi connectivity index (χ4v) is 0.560. The minimum absolute atomic E-state index is 0.264. The maximum absolute atomic E-state index is 9.99. The highest BCUT2D eigenvalue weighted by molar-refractivity contribution is 5.85. The summed E-state index contributed by atoms with van der Waals surface area (Å²) in [7, 11) is 0. The van der Waals surface area contributed by atoms with E-state index in [1.54, 1.807) is 6.92 Å². The smallest absolute Gasteiger partial charge is 0.330 e. The molecule has 86 valence electrons. The number of carboxylic acids is 2. The maximum Gasteiger partial charge on any atom is 0.330 e. The Morgan fingerprint density at radius 2 is 1.40 bits per heavy atom. The minimum Gasteiger partial charge on any atom is -0.478 e. The van der Waals surface area contributed by atoms with Gasteiger partial charge >= 0.3 is 11.9 Å². The first-order valence-electron chi connectivity index (χ1n) is 4.68. The van der Waals surface area contributed by atoms with Gasteiger partial charge in [-0.3, -0.25) is 0 Å². The van der Waals surface area contributed by atoms with Crippen LogP contribution in [0, 0.1) is 0 Å². The summed E-state index contributed by atoms with van der Waals surface area (Å²) >= 11 is 0. The fourth-order valence-electron chi connectivity index (χ4n) is 0.560. The lowest BCUT2D eigenvalue weighted by molar-refractivity contribution is -0.133. The highest BCUT2D eigenvalue weighted by Gasteiger charge is 1.99. The van der Waals surface area contributed by atoms with Gasteiger partial charge in [0.15, 0.2) is 0 Å². The molecule has 0 amide bonds. The Morgan fingerprint density at radius 1 is 1.00 bits per heavy atom. The molecular formula is C11H18O4. The second kappa shape index (κ2) is 8.99. The third-order valence-corrected chi connectivity index (χ3v) is 1.58. The van der Waals surface area contributed by atoms with E-state index in [0.717, 1.165) is 6.42 Å². The van der Waals surface area contributed by atoms with Crippen molar-refractivity contribution in [3.63, 3.8) is 0 Å². The molecule has 0 aliphatic rings. The summed E-state index contributed by atoms with van der Waals surface area (Å²) in [4.78, 5) is 19.8. The fraction of sp³-hybridized carbons (Fsp3) is 0.455. The van der Waals surface area contributed by atoms with Crippen LogP contribution in [0.25, 0.3) is 0 Å². The molecular weight excluding hydrogens is 196 g/mol. The molecule has 15 heavy (non-hydrogen) atoms. The van der Waals surface area contributed by atoms with Gasteiger partial charge in [-0.2, -0.15) is 0 Å². The number of rotatable bonds is 5. The molecule has 0 bridgehead atoms. The van der Waals surface area contributed by atoms with Crippen molar-refractivity contribution in [2.75, 3.05) is 0 Å². The highest BCUT2D eigenvalue weighted by atomic mass is 16.4. The van der Waals surface area contributed by atoms with Crippen molar-refractivity contribution in [3.05, 3.63) is 24.3 Å². The largest absolute Gasteiger partial charge is 0.478 e. The Morgan fingerprint density at radius 3 is 1.47 bits per heavy atom. The van der Waals surface area contributed by atoms with Crippen molar-refractivity contribution < 1.29 is 19.8 Å². The first kappa shape index (κ1) is 15.9. The van der Waals surface area contributed by atoms with E-state index in [-0.39, 0.29) is 5.57 Å². The highest BCUT2D eigenvalue weighted by Crippen LogP contribution is 1.99. The molecule has 0 rings (SSSR count). The third-order valence-electron chi connectivity index (χ3n) is 1.58. The van der Waals surface area contributed by atoms with E-state index in [4.69, 9.17) is 10.2 Å². The molecule has 0 fully saturated rings. The van der Waals surface area contributed by atoms with E-state index in [1.165, 1.54) is 0 Å². The Hall–Kier alpha value is -1.58. The SMILES string of the molecule is C=C(CC)C(=O)O.C=C(CCC)C(=O)O. The number of carboxylic acid groups (broad SMARTS) is 2. The van der Waals surface area contributed by atoms with Gasteiger partial charge in [0.2, 0.25) is 0 Å². The van der Waals surface area contributed by atoms with Crippen LogP contribution in [0.1, 0.15) is 33.1 Å². The Balaban J connectivity index is 0. The molecule has 0 atom stereocenters. The first-order valence-corrected chi connectivity index (χ1v) is 4.68. The average molecular weight is 214 g/mol. The number of hydrogen-bond acceptors (Lipinski definition) is 2. The second-order valence-electron chi connectivity index (χ2n) is 2.92. The zero-order valence-electron chi connectivity index (χ0n) is 9.25. The van der Waals surface area contributed by atoms with Crippen LogP contribution in [0.3, 0.4) is 0 Å². The van der Waals surface area contributed by atoms with Crippen LogP contribution in [0.5, 0.6) is 0 Å². The molecule has 0 heterocycles. The van der Waals surface area contributed by atoms with Crippen LogP contribution in [-0.2, 0) is 9.59 Å². The number of aliphatic carboxylic acids is 2. The van der Waals surface area contributed by atoms with Gasteiger partial charge in [-0.25, -0.2) is 9.59 Å². The van der Waals surface area contributed by atoms with Crippen LogP contribution in [0.4, 0.5) is 0 Å². The quantitative estimate of drug-likeness (QED) is 0.689. The van der Waals surface area contributed by atoms with Gasteiger partial charge in [0, 0.05) is 11.1 Å². The van der Waals surface area contributed by atoms with Crippen molar-refractivity contribution in [3.8, 4) is 0 Å². The molecule has 0 spiro atoms. The number of carbonyl (C=O) groups is 2. The monoisotopic (exact) mass is 214 g/mol. The summed E-state index contributed by atoms with van der Waals surface area (Å²) in [5, 5.41) is 16.3. The lowest BCUT2D eigenvalue weighted by Gasteiger charge is -1.92. The van der Waals surface area contributed by atoms with Crippen LogP contribution in [0.15, 0.2) is 24.3 Å². The van der Waals surface area contributed by atoms with Gasteiger partial charge in [-0.05, 0) is 12.8 Å². The molecule has 0 aliphatic carbocycles. The molecule has 0 aromatic rings. The lowest BCUT2D eigenvalue weighted by Crippen LogP contribution is -1.97. The van der Waals surface area contributed by atoms with Crippen molar-refractivity contribution in [2.24, 2.45) is 0 Å². The first-order chi connectivity index (χ1) is 6.86. The predicted molar refractivity (Wildman–Crippen MR) is 58.8 cm³/mol. The standard InChI is InChI=1S/C6H10O2.C5H8O2/c1-3-4-5(2)6(7)8;1-3-4(2)5(6)7/h2-4H2,1H3,(H,7,8);2-3H2,1H3,(H,6,7). The molecule has 0 aromatic heterocycles. The van der Waals surface area contributed by atoms with E-state index in [2.05, 4.69) is 13.2 Å². The molecule has 0 saturated heterocycles. The van der Waals surface area contributed by atoms with Crippen molar-refractivity contribution in [2.45, 2.75) is 33.1 Å². The zero-order chi connectivity index (χ0) is 12.4. The van der Waals surface area contributed by atoms with E-state index in [9.17, 15) is 9.59 Å². The van der Waals surface area contributed by atoms with E-state index >= 15 is 0 Å². The van der Waals surface area contributed by atoms with Gasteiger partial charge in [0.1, 0.15) is 0 Å². The molecule has 0 unspecified atom stereocenters. The summed E-state index contributed by atoms with van der Waals surface area (Å²) in [6.07, 6.45) is 1.97. The summed E-state index contributed by atoms with van der Waals surface area (Å²) in [6, 6.07) is 0. The van der Waals surface area contributed by atoms with Crippen molar-refractivity contribution >= 4 is 11.9 Å². The summed E-state index contributed by atoms with van der Waals surface area (Å²) in [6.45, 7) is 10.3. The molecule has 0 radical (unpaired) electrons. The molecule has 2 N–H and O–H groups in total. The summed E-state index contributed by atoms with van der Waals surface area (Å²) in [5.41, 5.74) is 0.563. The van der Waals surface area contributed by atoms with Crippen LogP contribution in [-0.4, -0.2) is 22.2 Å². The third kappa shape index (κ3) is 10.3. The molecule has 0 saturated carbocycles. The van der Waals surface area contributed by atoms with Gasteiger partial charge in [-0.1, -0.05) is 33.4 Å². The maximum atomic E-state index is 9.99. The second-order valence-corrected chi connectivity index (χ2v) is 2.92. The average Bonchev–Trinajstić information content (AvgIpc) is 2.17. The molecule has 0 aromatic carbocycles. The van der Waals surface area contributed by atoms with Crippen molar-refractivity contribution in [1.29, 1.82) is 0 Å².